The second kappa shape index (κ2) is 4.49. The summed E-state index contributed by atoms with van der Waals surface area (Å²) in [5.74, 6) is -0.943. The van der Waals surface area contributed by atoms with Crippen molar-refractivity contribution in [2.24, 2.45) is 0 Å². The van der Waals surface area contributed by atoms with Crippen molar-refractivity contribution in [3.05, 3.63) is 60.4 Å². The Morgan fingerprint density at radius 2 is 1.89 bits per heavy atom. The molecule has 0 amide bonds. The van der Waals surface area contributed by atoms with Gasteiger partial charge in [0, 0.05) is 23.3 Å². The van der Waals surface area contributed by atoms with Crippen molar-refractivity contribution >= 4 is 17.0 Å². The van der Waals surface area contributed by atoms with E-state index in [1.165, 1.54) is 0 Å². The van der Waals surface area contributed by atoms with E-state index in [0.717, 1.165) is 10.9 Å². The number of benzene rings is 1. The van der Waals surface area contributed by atoms with Gasteiger partial charge < -0.3 is 5.11 Å². The molecule has 0 fully saturated rings. The zero-order chi connectivity index (χ0) is 13.2. The maximum atomic E-state index is 11.2. The molecule has 92 valence electrons. The van der Waals surface area contributed by atoms with Gasteiger partial charge >= 0.3 is 5.97 Å². The summed E-state index contributed by atoms with van der Waals surface area (Å²) < 4.78 is 0. The van der Waals surface area contributed by atoms with Crippen LogP contribution in [0.5, 0.6) is 0 Å². The fraction of sp³-hybridized carbons (Fsp3) is 0. The van der Waals surface area contributed by atoms with Crippen LogP contribution < -0.4 is 0 Å². The van der Waals surface area contributed by atoms with E-state index in [1.807, 2.05) is 24.3 Å². The van der Waals surface area contributed by atoms with Gasteiger partial charge in [0.1, 0.15) is 0 Å². The maximum absolute atomic E-state index is 11.2. The van der Waals surface area contributed by atoms with Crippen LogP contribution in [0.1, 0.15) is 10.4 Å². The molecule has 19 heavy (non-hydrogen) atoms. The summed E-state index contributed by atoms with van der Waals surface area (Å²) in [7, 11) is 0. The van der Waals surface area contributed by atoms with Gasteiger partial charge in [-0.2, -0.15) is 0 Å². The number of carboxylic acid groups (broad SMARTS) is 1. The van der Waals surface area contributed by atoms with E-state index in [9.17, 15) is 9.90 Å². The molecule has 4 nitrogen and oxygen atoms in total. The molecule has 1 N–H and O–H groups in total. The fourth-order valence-electron chi connectivity index (χ4n) is 2.03. The number of hydrogen-bond acceptors (Lipinski definition) is 3. The topological polar surface area (TPSA) is 63.1 Å². The zero-order valence-corrected chi connectivity index (χ0v) is 9.95. The molecule has 3 rings (SSSR count). The molecule has 0 saturated carbocycles. The highest BCUT2D eigenvalue weighted by atomic mass is 16.4. The van der Waals surface area contributed by atoms with Crippen LogP contribution in [-0.4, -0.2) is 21.0 Å². The van der Waals surface area contributed by atoms with E-state index >= 15 is 0 Å². The molecule has 3 aromatic rings. The molecule has 0 aliphatic carbocycles. The SMILES string of the molecule is O=C(O)c1ccccc1-c1cnc2ncccc2c1. The van der Waals surface area contributed by atoms with Gasteiger partial charge in [0.15, 0.2) is 5.65 Å². The predicted molar refractivity (Wildman–Crippen MR) is 71.9 cm³/mol. The number of fused-ring (bicyclic) bond motifs is 1. The Hall–Kier alpha value is -2.75. The molecule has 0 atom stereocenters. The highest BCUT2D eigenvalue weighted by Gasteiger charge is 2.11. The summed E-state index contributed by atoms with van der Waals surface area (Å²) in [6.45, 7) is 0. The summed E-state index contributed by atoms with van der Waals surface area (Å²) >= 11 is 0. The van der Waals surface area contributed by atoms with Gasteiger partial charge in [0.2, 0.25) is 0 Å². The average Bonchev–Trinajstić information content (AvgIpc) is 2.46. The van der Waals surface area contributed by atoms with Crippen LogP contribution in [0.4, 0.5) is 0 Å². The zero-order valence-electron chi connectivity index (χ0n) is 9.95. The van der Waals surface area contributed by atoms with E-state index in [1.54, 1.807) is 30.6 Å². The van der Waals surface area contributed by atoms with Crippen LogP contribution in [0.15, 0.2) is 54.9 Å². The standard InChI is InChI=1S/C15H10N2O2/c18-15(19)13-6-2-1-5-12(13)11-8-10-4-3-7-16-14(10)17-9-11/h1-9H,(H,18,19). The van der Waals surface area contributed by atoms with Crippen molar-refractivity contribution in [1.29, 1.82) is 0 Å². The van der Waals surface area contributed by atoms with E-state index in [0.29, 0.717) is 11.2 Å². The van der Waals surface area contributed by atoms with Gasteiger partial charge in [-0.05, 0) is 29.8 Å². The molecular weight excluding hydrogens is 240 g/mol. The first-order valence-electron chi connectivity index (χ1n) is 5.79. The van der Waals surface area contributed by atoms with E-state index in [4.69, 9.17) is 0 Å². The van der Waals surface area contributed by atoms with Gasteiger partial charge in [-0.3, -0.25) is 0 Å². The van der Waals surface area contributed by atoms with Crippen LogP contribution in [0.25, 0.3) is 22.2 Å². The molecule has 0 aliphatic heterocycles. The molecule has 2 aromatic heterocycles. The van der Waals surface area contributed by atoms with Gasteiger partial charge in [0.25, 0.3) is 0 Å². The Morgan fingerprint density at radius 1 is 1.05 bits per heavy atom. The van der Waals surface area contributed by atoms with E-state index < -0.39 is 5.97 Å². The summed E-state index contributed by atoms with van der Waals surface area (Å²) in [6.07, 6.45) is 3.33. The number of hydrogen-bond donors (Lipinski definition) is 1. The minimum Gasteiger partial charge on any atom is -0.478 e. The first-order chi connectivity index (χ1) is 9.25. The van der Waals surface area contributed by atoms with Crippen molar-refractivity contribution in [2.45, 2.75) is 0 Å². The number of pyridine rings is 2. The van der Waals surface area contributed by atoms with Crippen molar-refractivity contribution in [1.82, 2.24) is 9.97 Å². The van der Waals surface area contributed by atoms with Crippen LogP contribution in [-0.2, 0) is 0 Å². The lowest BCUT2D eigenvalue weighted by atomic mass is 10.0. The molecule has 0 bridgehead atoms. The predicted octanol–water partition coefficient (Wildman–Crippen LogP) is 3.00. The van der Waals surface area contributed by atoms with Crippen molar-refractivity contribution in [3.8, 4) is 11.1 Å². The second-order valence-corrected chi connectivity index (χ2v) is 4.12. The van der Waals surface area contributed by atoms with Crippen LogP contribution in [0.3, 0.4) is 0 Å². The number of rotatable bonds is 2. The lowest BCUT2D eigenvalue weighted by molar-refractivity contribution is 0.0697. The minimum atomic E-state index is -0.943. The van der Waals surface area contributed by atoms with Crippen molar-refractivity contribution in [2.75, 3.05) is 0 Å². The summed E-state index contributed by atoms with van der Waals surface area (Å²) in [6, 6.07) is 12.5. The quantitative estimate of drug-likeness (QED) is 0.759. The normalized spacial score (nSPS) is 10.5. The fourth-order valence-corrected chi connectivity index (χ4v) is 2.03. The number of carbonyl (C=O) groups is 1. The van der Waals surface area contributed by atoms with E-state index in [2.05, 4.69) is 9.97 Å². The molecule has 0 radical (unpaired) electrons. The third-order valence-electron chi connectivity index (χ3n) is 2.92. The molecule has 0 saturated heterocycles. The minimum absolute atomic E-state index is 0.271. The Bertz CT molecular complexity index is 769. The number of carboxylic acids is 1. The Morgan fingerprint density at radius 3 is 2.74 bits per heavy atom. The molecule has 0 unspecified atom stereocenters. The van der Waals surface area contributed by atoms with Gasteiger partial charge in [-0.1, -0.05) is 18.2 Å². The molecule has 4 heteroatoms. The van der Waals surface area contributed by atoms with Gasteiger partial charge in [-0.25, -0.2) is 14.8 Å². The Kier molecular flexibility index (Phi) is 2.68. The first kappa shape index (κ1) is 11.3. The Balaban J connectivity index is 2.22. The second-order valence-electron chi connectivity index (χ2n) is 4.12. The summed E-state index contributed by atoms with van der Waals surface area (Å²) in [4.78, 5) is 19.6. The van der Waals surface area contributed by atoms with E-state index in [-0.39, 0.29) is 5.56 Å². The molecular formula is C15H10N2O2. The third-order valence-corrected chi connectivity index (χ3v) is 2.92. The highest BCUT2D eigenvalue weighted by Crippen LogP contribution is 2.25. The largest absolute Gasteiger partial charge is 0.478 e. The van der Waals surface area contributed by atoms with Crippen LogP contribution >= 0.6 is 0 Å². The number of aromatic nitrogens is 2. The first-order valence-corrected chi connectivity index (χ1v) is 5.79. The number of aromatic carboxylic acids is 1. The summed E-state index contributed by atoms with van der Waals surface area (Å²) in [5.41, 5.74) is 2.36. The highest BCUT2D eigenvalue weighted by molar-refractivity contribution is 5.96. The maximum Gasteiger partial charge on any atom is 0.336 e. The third kappa shape index (κ3) is 2.04. The monoisotopic (exact) mass is 250 g/mol. The molecule has 0 spiro atoms. The van der Waals surface area contributed by atoms with Crippen molar-refractivity contribution in [3.63, 3.8) is 0 Å². The smallest absolute Gasteiger partial charge is 0.336 e. The molecule has 0 aliphatic rings. The van der Waals surface area contributed by atoms with Gasteiger partial charge in [0.05, 0.1) is 5.56 Å². The summed E-state index contributed by atoms with van der Waals surface area (Å²) in [5, 5.41) is 10.1. The van der Waals surface area contributed by atoms with Crippen LogP contribution in [0.2, 0.25) is 0 Å². The molecule has 2 heterocycles. The lowest BCUT2D eigenvalue weighted by Gasteiger charge is -2.06. The average molecular weight is 250 g/mol. The molecule has 1 aromatic carbocycles. The van der Waals surface area contributed by atoms with Crippen LogP contribution in [0, 0.1) is 0 Å². The van der Waals surface area contributed by atoms with Gasteiger partial charge in [-0.15, -0.1) is 0 Å². The Labute approximate surface area is 109 Å². The lowest BCUT2D eigenvalue weighted by Crippen LogP contribution is -1.99. The van der Waals surface area contributed by atoms with Crippen molar-refractivity contribution < 1.29 is 9.90 Å². The number of nitrogens with zero attached hydrogens (tertiary/aromatic N) is 2.